The Morgan fingerprint density at radius 1 is 0.414 bits per heavy atom. The van der Waals surface area contributed by atoms with Gasteiger partial charge in [0.25, 0.3) is 0 Å². The largest absolute Gasteiger partial charge is 0.545 e. The highest BCUT2D eigenvalue weighted by atomic mass is 16.7. The van der Waals surface area contributed by atoms with E-state index in [1.807, 2.05) is 21.1 Å². The maximum absolute atomic E-state index is 12.8. The number of likely N-dealkylation sites (N-methyl/N-ethyl adjacent to an activating group) is 1. The number of carboxylic acid groups (broad SMARTS) is 1. The van der Waals surface area contributed by atoms with Crippen LogP contribution in [0.1, 0.15) is 303 Å². The highest BCUT2D eigenvalue weighted by Gasteiger charge is 2.22. The average Bonchev–Trinajstić information content (AvgIpc) is 3.33. The van der Waals surface area contributed by atoms with Crippen molar-refractivity contribution in [2.45, 2.75) is 315 Å². The molecule has 0 aliphatic heterocycles. The Morgan fingerprint density at radius 2 is 0.729 bits per heavy atom. The molecule has 0 saturated heterocycles. The maximum atomic E-state index is 12.8. The lowest BCUT2D eigenvalue weighted by Gasteiger charge is -2.26. The molecule has 0 radical (unpaired) electrons. The van der Waals surface area contributed by atoms with Crippen LogP contribution in [-0.2, 0) is 33.3 Å². The summed E-state index contributed by atoms with van der Waals surface area (Å²) in [6.07, 6.45) is 58.5. The van der Waals surface area contributed by atoms with Crippen molar-refractivity contribution in [3.8, 4) is 0 Å². The highest BCUT2D eigenvalue weighted by Crippen LogP contribution is 2.18. The Kier molecular flexibility index (Phi) is 51.8. The van der Waals surface area contributed by atoms with Gasteiger partial charge in [0.2, 0.25) is 0 Å². The zero-order valence-electron chi connectivity index (χ0n) is 47.2. The van der Waals surface area contributed by atoms with Crippen molar-refractivity contribution in [2.24, 2.45) is 0 Å². The van der Waals surface area contributed by atoms with E-state index in [9.17, 15) is 19.5 Å². The molecule has 414 valence electrons. The Bertz CT molecular complexity index is 1150. The van der Waals surface area contributed by atoms with E-state index in [4.69, 9.17) is 18.9 Å². The molecule has 0 fully saturated rings. The quantitative estimate of drug-likeness (QED) is 0.0195. The lowest BCUT2D eigenvalue weighted by Crippen LogP contribution is -2.44. The van der Waals surface area contributed by atoms with E-state index in [2.05, 4.69) is 26.0 Å². The van der Waals surface area contributed by atoms with Crippen LogP contribution in [0.15, 0.2) is 12.2 Å². The van der Waals surface area contributed by atoms with Crippen molar-refractivity contribution in [1.29, 1.82) is 0 Å². The van der Waals surface area contributed by atoms with E-state index in [0.717, 1.165) is 51.4 Å². The standard InChI is InChI=1S/C61H117NO8/c1-6-8-10-12-14-16-18-20-22-23-24-25-26-27-28-29-30-31-32-33-34-35-36-38-39-41-43-45-47-49-51-58(63)68-55-57(56-69-61(60(65)66)67-54-53-62(3,4)5)70-59(64)52-50-48-46-44-42-40-37-21-19-17-15-13-11-9-7-2/h21,37,57,61H,6-20,22-36,38-56H2,1-5H3/b37-21-. The van der Waals surface area contributed by atoms with Crippen molar-refractivity contribution >= 4 is 17.9 Å². The lowest BCUT2D eigenvalue weighted by atomic mass is 10.0. The third-order valence-electron chi connectivity index (χ3n) is 13.8. The SMILES string of the molecule is CCCCCCCC/C=C\CCCCCCCC(=O)OC(COC(=O)CCCCCCCCCCCCCCCCCCCCCCCCCCCCCCCC)COC(OCC[N+](C)(C)C)C(=O)[O-]. The van der Waals surface area contributed by atoms with Gasteiger partial charge in [-0.15, -0.1) is 0 Å². The van der Waals surface area contributed by atoms with E-state index in [0.29, 0.717) is 23.9 Å². The molecular formula is C61H117NO8. The molecule has 0 N–H and O–H groups in total. The first-order valence-electron chi connectivity index (χ1n) is 30.3. The number of ether oxygens (including phenoxy) is 4. The first-order chi connectivity index (χ1) is 34.1. The van der Waals surface area contributed by atoms with Gasteiger partial charge in [-0.1, -0.05) is 264 Å². The number of rotatable bonds is 57. The minimum absolute atomic E-state index is 0.150. The van der Waals surface area contributed by atoms with Crippen molar-refractivity contribution in [2.75, 3.05) is 47.5 Å². The fourth-order valence-corrected chi connectivity index (χ4v) is 9.06. The van der Waals surface area contributed by atoms with Crippen LogP contribution < -0.4 is 5.11 Å². The summed E-state index contributed by atoms with van der Waals surface area (Å²) in [5.41, 5.74) is 0. The van der Waals surface area contributed by atoms with Gasteiger partial charge in [0, 0.05) is 12.8 Å². The molecule has 0 heterocycles. The van der Waals surface area contributed by atoms with E-state index in [1.165, 1.54) is 218 Å². The fraction of sp³-hybridized carbons (Fsp3) is 0.918. The van der Waals surface area contributed by atoms with E-state index >= 15 is 0 Å². The maximum Gasteiger partial charge on any atom is 0.306 e. The monoisotopic (exact) mass is 992 g/mol. The van der Waals surface area contributed by atoms with Gasteiger partial charge in [-0.3, -0.25) is 9.59 Å². The molecule has 0 spiro atoms. The first kappa shape index (κ1) is 68.0. The van der Waals surface area contributed by atoms with Gasteiger partial charge < -0.3 is 33.3 Å². The summed E-state index contributed by atoms with van der Waals surface area (Å²) in [5, 5.41) is 11.8. The second-order valence-electron chi connectivity index (χ2n) is 22.0. The normalized spacial score (nSPS) is 12.8. The van der Waals surface area contributed by atoms with Crippen LogP contribution in [0.4, 0.5) is 0 Å². The molecule has 0 aromatic carbocycles. The topological polar surface area (TPSA) is 111 Å². The second-order valence-corrected chi connectivity index (χ2v) is 22.0. The number of carbonyl (C=O) groups excluding carboxylic acids is 3. The number of quaternary nitrogens is 1. The molecule has 0 aromatic rings. The number of hydrogen-bond donors (Lipinski definition) is 0. The molecule has 9 heteroatoms. The third kappa shape index (κ3) is 53.8. The number of esters is 2. The van der Waals surface area contributed by atoms with Crippen LogP contribution in [0.5, 0.6) is 0 Å². The van der Waals surface area contributed by atoms with E-state index in [-0.39, 0.29) is 32.2 Å². The molecule has 0 aromatic heterocycles. The van der Waals surface area contributed by atoms with Crippen LogP contribution in [0.2, 0.25) is 0 Å². The average molecular weight is 993 g/mol. The van der Waals surface area contributed by atoms with Gasteiger partial charge in [-0.05, 0) is 38.5 Å². The summed E-state index contributed by atoms with van der Waals surface area (Å²) in [6.45, 7) is 4.78. The van der Waals surface area contributed by atoms with Crippen molar-refractivity contribution < 1.29 is 42.9 Å². The van der Waals surface area contributed by atoms with Crippen molar-refractivity contribution in [3.63, 3.8) is 0 Å². The third-order valence-corrected chi connectivity index (χ3v) is 13.8. The predicted molar refractivity (Wildman–Crippen MR) is 293 cm³/mol. The molecule has 0 bridgehead atoms. The molecular weight excluding hydrogens is 875 g/mol. The summed E-state index contributed by atoms with van der Waals surface area (Å²) in [4.78, 5) is 37.2. The van der Waals surface area contributed by atoms with Crippen molar-refractivity contribution in [1.82, 2.24) is 0 Å². The molecule has 9 nitrogen and oxygen atoms in total. The molecule has 2 atom stereocenters. The zero-order valence-corrected chi connectivity index (χ0v) is 47.2. The lowest BCUT2D eigenvalue weighted by molar-refractivity contribution is -0.870. The van der Waals surface area contributed by atoms with Gasteiger partial charge in [-0.25, -0.2) is 0 Å². The molecule has 0 amide bonds. The fourth-order valence-electron chi connectivity index (χ4n) is 9.06. The van der Waals surface area contributed by atoms with Gasteiger partial charge >= 0.3 is 11.9 Å². The van der Waals surface area contributed by atoms with Gasteiger partial charge in [0.1, 0.15) is 13.2 Å². The molecule has 2 unspecified atom stereocenters. The Morgan fingerprint density at radius 3 is 1.06 bits per heavy atom. The summed E-state index contributed by atoms with van der Waals surface area (Å²) < 4.78 is 22.7. The number of nitrogens with zero attached hydrogens (tertiary/aromatic N) is 1. The molecule has 0 aliphatic rings. The predicted octanol–water partition coefficient (Wildman–Crippen LogP) is 16.4. The number of hydrogen-bond acceptors (Lipinski definition) is 8. The molecule has 0 aliphatic carbocycles. The summed E-state index contributed by atoms with van der Waals surface area (Å²) >= 11 is 0. The van der Waals surface area contributed by atoms with Crippen LogP contribution in [-0.4, -0.2) is 82.3 Å². The summed E-state index contributed by atoms with van der Waals surface area (Å²) in [7, 11) is 5.93. The Labute approximate surface area is 434 Å². The van der Waals surface area contributed by atoms with Crippen LogP contribution >= 0.6 is 0 Å². The van der Waals surface area contributed by atoms with Gasteiger partial charge in [0.05, 0.1) is 40.3 Å². The van der Waals surface area contributed by atoms with Gasteiger partial charge in [0.15, 0.2) is 12.4 Å². The van der Waals surface area contributed by atoms with E-state index in [1.54, 1.807) is 0 Å². The zero-order chi connectivity index (χ0) is 51.3. The molecule has 0 rings (SSSR count). The van der Waals surface area contributed by atoms with E-state index < -0.39 is 24.3 Å². The Hall–Kier alpha value is -1.97. The number of carboxylic acids is 1. The molecule has 0 saturated carbocycles. The highest BCUT2D eigenvalue weighted by molar-refractivity contribution is 5.70. The smallest absolute Gasteiger partial charge is 0.306 e. The minimum Gasteiger partial charge on any atom is -0.545 e. The Balaban J connectivity index is 4.06. The van der Waals surface area contributed by atoms with Gasteiger partial charge in [-0.2, -0.15) is 0 Å². The number of aliphatic carboxylic acids is 1. The number of allylic oxidation sites excluding steroid dienone is 2. The summed E-state index contributed by atoms with van der Waals surface area (Å²) in [6, 6.07) is 0. The minimum atomic E-state index is -1.62. The number of unbranched alkanes of at least 4 members (excludes halogenated alkanes) is 40. The van der Waals surface area contributed by atoms with Crippen molar-refractivity contribution in [3.05, 3.63) is 12.2 Å². The summed E-state index contributed by atoms with van der Waals surface area (Å²) in [5.74, 6) is -2.27. The number of carbonyl (C=O) groups is 3. The van der Waals surface area contributed by atoms with Crippen LogP contribution in [0, 0.1) is 0 Å². The van der Waals surface area contributed by atoms with Crippen LogP contribution in [0.3, 0.4) is 0 Å². The molecule has 70 heavy (non-hydrogen) atoms. The van der Waals surface area contributed by atoms with Crippen LogP contribution in [0.25, 0.3) is 0 Å². The second kappa shape index (κ2) is 53.3. The first-order valence-corrected chi connectivity index (χ1v) is 30.3.